The van der Waals surface area contributed by atoms with Crippen LogP contribution in [0.5, 0.6) is 5.75 Å². The Balaban J connectivity index is 1.83. The molecule has 4 heteroatoms. The van der Waals surface area contributed by atoms with E-state index in [0.717, 1.165) is 28.5 Å². The quantitative estimate of drug-likeness (QED) is 0.753. The second kappa shape index (κ2) is 6.56. The van der Waals surface area contributed by atoms with Gasteiger partial charge < -0.3 is 10.1 Å². The van der Waals surface area contributed by atoms with E-state index in [9.17, 15) is 0 Å². The standard InChI is InChI=1S/C20H23N3O/c1-24-17-12-6-5-11-16(17)19-20(21-15-9-3-2-4-10-15)23-14-8-7-13-18(23)22-19/h5-8,11-15,21H,2-4,9-10H2,1H3. The number of nitrogens with zero attached hydrogens (tertiary/aromatic N) is 2. The molecule has 2 aromatic heterocycles. The molecule has 1 aromatic carbocycles. The molecule has 2 heterocycles. The number of para-hydroxylation sites is 1. The van der Waals surface area contributed by atoms with Crippen LogP contribution < -0.4 is 10.1 Å². The van der Waals surface area contributed by atoms with Crippen molar-refractivity contribution in [3.63, 3.8) is 0 Å². The molecule has 1 N–H and O–H groups in total. The van der Waals surface area contributed by atoms with Gasteiger partial charge in [-0.1, -0.05) is 37.5 Å². The summed E-state index contributed by atoms with van der Waals surface area (Å²) in [6.45, 7) is 0. The molecule has 1 saturated carbocycles. The van der Waals surface area contributed by atoms with Gasteiger partial charge in [-0.2, -0.15) is 0 Å². The van der Waals surface area contributed by atoms with E-state index in [0.29, 0.717) is 6.04 Å². The summed E-state index contributed by atoms with van der Waals surface area (Å²) in [5.41, 5.74) is 2.95. The first-order valence-electron chi connectivity index (χ1n) is 8.74. The van der Waals surface area contributed by atoms with Gasteiger partial charge in [0.25, 0.3) is 0 Å². The molecule has 0 amide bonds. The van der Waals surface area contributed by atoms with Gasteiger partial charge in [0.05, 0.1) is 7.11 Å². The number of nitrogens with one attached hydrogen (secondary N) is 1. The van der Waals surface area contributed by atoms with Crippen LogP contribution in [0.1, 0.15) is 32.1 Å². The Hall–Kier alpha value is -2.49. The maximum Gasteiger partial charge on any atom is 0.139 e. The number of pyridine rings is 1. The van der Waals surface area contributed by atoms with Crippen LogP contribution in [0.4, 0.5) is 5.82 Å². The average Bonchev–Trinajstić information content (AvgIpc) is 3.01. The zero-order valence-electron chi connectivity index (χ0n) is 14.0. The van der Waals surface area contributed by atoms with Crippen molar-refractivity contribution in [3.8, 4) is 17.0 Å². The number of hydrogen-bond acceptors (Lipinski definition) is 3. The number of methoxy groups -OCH3 is 1. The lowest BCUT2D eigenvalue weighted by Gasteiger charge is -2.24. The summed E-state index contributed by atoms with van der Waals surface area (Å²) in [6.07, 6.45) is 8.49. The molecule has 0 unspecified atom stereocenters. The molecule has 24 heavy (non-hydrogen) atoms. The van der Waals surface area contributed by atoms with Crippen LogP contribution in [-0.2, 0) is 0 Å². The van der Waals surface area contributed by atoms with E-state index in [1.165, 1.54) is 32.1 Å². The van der Waals surface area contributed by atoms with Gasteiger partial charge in [-0.25, -0.2) is 4.98 Å². The molecular formula is C20H23N3O. The molecule has 0 aliphatic heterocycles. The fraction of sp³-hybridized carbons (Fsp3) is 0.350. The number of benzene rings is 1. The highest BCUT2D eigenvalue weighted by Crippen LogP contribution is 2.36. The first-order valence-corrected chi connectivity index (χ1v) is 8.74. The van der Waals surface area contributed by atoms with Gasteiger partial charge in [0.15, 0.2) is 0 Å². The number of aromatic nitrogens is 2. The summed E-state index contributed by atoms with van der Waals surface area (Å²) >= 11 is 0. The largest absolute Gasteiger partial charge is 0.496 e. The topological polar surface area (TPSA) is 38.6 Å². The third-order valence-corrected chi connectivity index (χ3v) is 4.84. The van der Waals surface area contributed by atoms with Gasteiger partial charge in [0, 0.05) is 17.8 Å². The molecule has 0 bridgehead atoms. The van der Waals surface area contributed by atoms with Crippen molar-refractivity contribution >= 4 is 11.5 Å². The van der Waals surface area contributed by atoms with Crippen LogP contribution in [0.2, 0.25) is 0 Å². The average molecular weight is 321 g/mol. The molecule has 4 nitrogen and oxygen atoms in total. The van der Waals surface area contributed by atoms with Gasteiger partial charge in [-0.3, -0.25) is 4.40 Å². The van der Waals surface area contributed by atoms with E-state index in [-0.39, 0.29) is 0 Å². The van der Waals surface area contributed by atoms with E-state index < -0.39 is 0 Å². The summed E-state index contributed by atoms with van der Waals surface area (Å²) in [4.78, 5) is 4.88. The number of imidazole rings is 1. The fourth-order valence-corrected chi connectivity index (χ4v) is 3.60. The highest BCUT2D eigenvalue weighted by Gasteiger charge is 2.21. The maximum atomic E-state index is 5.56. The van der Waals surface area contributed by atoms with Crippen LogP contribution in [0.25, 0.3) is 16.9 Å². The second-order valence-electron chi connectivity index (χ2n) is 6.42. The van der Waals surface area contributed by atoms with Crippen molar-refractivity contribution in [2.45, 2.75) is 38.1 Å². The van der Waals surface area contributed by atoms with Crippen LogP contribution in [-0.4, -0.2) is 22.5 Å². The molecule has 4 rings (SSSR count). The minimum Gasteiger partial charge on any atom is -0.496 e. The van der Waals surface area contributed by atoms with Crippen LogP contribution in [0.3, 0.4) is 0 Å². The van der Waals surface area contributed by atoms with E-state index in [1.54, 1.807) is 7.11 Å². The maximum absolute atomic E-state index is 5.56. The summed E-state index contributed by atoms with van der Waals surface area (Å²) in [5.74, 6) is 1.93. The number of anilines is 1. The minimum atomic E-state index is 0.521. The van der Waals surface area contributed by atoms with Gasteiger partial charge >= 0.3 is 0 Å². The van der Waals surface area contributed by atoms with Crippen molar-refractivity contribution in [1.29, 1.82) is 0 Å². The molecule has 3 aromatic rings. The molecule has 124 valence electrons. The fourth-order valence-electron chi connectivity index (χ4n) is 3.60. The van der Waals surface area contributed by atoms with Gasteiger partial charge in [-0.05, 0) is 37.1 Å². The number of hydrogen-bond donors (Lipinski definition) is 1. The number of fused-ring (bicyclic) bond motifs is 1. The normalized spacial score (nSPS) is 15.5. The Kier molecular flexibility index (Phi) is 4.11. The van der Waals surface area contributed by atoms with Gasteiger partial charge in [0.1, 0.15) is 22.9 Å². The first kappa shape index (κ1) is 15.1. The molecule has 1 aliphatic rings. The van der Waals surface area contributed by atoms with Crippen molar-refractivity contribution in [1.82, 2.24) is 9.38 Å². The highest BCUT2D eigenvalue weighted by molar-refractivity contribution is 5.80. The Morgan fingerprint density at radius 2 is 1.83 bits per heavy atom. The van der Waals surface area contributed by atoms with Crippen molar-refractivity contribution < 1.29 is 4.74 Å². The van der Waals surface area contributed by atoms with E-state index >= 15 is 0 Å². The predicted molar refractivity (Wildman–Crippen MR) is 97.7 cm³/mol. The van der Waals surface area contributed by atoms with E-state index in [2.05, 4.69) is 22.0 Å². The van der Waals surface area contributed by atoms with Gasteiger partial charge in [-0.15, -0.1) is 0 Å². The predicted octanol–water partition coefficient (Wildman–Crippen LogP) is 4.75. The molecule has 0 saturated heterocycles. The third kappa shape index (κ3) is 2.73. The minimum absolute atomic E-state index is 0.521. The van der Waals surface area contributed by atoms with E-state index in [1.807, 2.05) is 36.4 Å². The zero-order chi connectivity index (χ0) is 16.4. The number of ether oxygens (including phenoxy) is 1. The monoisotopic (exact) mass is 321 g/mol. The number of rotatable bonds is 4. The molecule has 0 atom stereocenters. The van der Waals surface area contributed by atoms with Crippen molar-refractivity contribution in [3.05, 3.63) is 48.7 Å². The lowest BCUT2D eigenvalue weighted by atomic mass is 9.95. The van der Waals surface area contributed by atoms with Crippen LogP contribution >= 0.6 is 0 Å². The smallest absolute Gasteiger partial charge is 0.139 e. The summed E-state index contributed by atoms with van der Waals surface area (Å²) in [5, 5.41) is 3.77. The third-order valence-electron chi connectivity index (χ3n) is 4.84. The summed E-state index contributed by atoms with van der Waals surface area (Å²) in [6, 6.07) is 14.7. The van der Waals surface area contributed by atoms with Crippen molar-refractivity contribution in [2.75, 3.05) is 12.4 Å². The van der Waals surface area contributed by atoms with E-state index in [4.69, 9.17) is 9.72 Å². The summed E-state index contributed by atoms with van der Waals surface area (Å²) in [7, 11) is 1.71. The first-order chi connectivity index (χ1) is 11.9. The van der Waals surface area contributed by atoms with Gasteiger partial charge in [0.2, 0.25) is 0 Å². The van der Waals surface area contributed by atoms with Crippen LogP contribution in [0.15, 0.2) is 48.7 Å². The Labute approximate surface area is 142 Å². The lowest BCUT2D eigenvalue weighted by molar-refractivity contribution is 0.416. The summed E-state index contributed by atoms with van der Waals surface area (Å²) < 4.78 is 7.71. The molecule has 1 fully saturated rings. The Morgan fingerprint density at radius 1 is 1.04 bits per heavy atom. The molecule has 0 radical (unpaired) electrons. The second-order valence-corrected chi connectivity index (χ2v) is 6.42. The molecule has 1 aliphatic carbocycles. The molecular weight excluding hydrogens is 298 g/mol. The Bertz CT molecular complexity index is 834. The lowest BCUT2D eigenvalue weighted by Crippen LogP contribution is -2.23. The van der Waals surface area contributed by atoms with Crippen LogP contribution in [0, 0.1) is 0 Å². The van der Waals surface area contributed by atoms with Crippen molar-refractivity contribution in [2.24, 2.45) is 0 Å². The SMILES string of the molecule is COc1ccccc1-c1nc2ccccn2c1NC1CCCCC1. The molecule has 0 spiro atoms. The zero-order valence-corrected chi connectivity index (χ0v) is 14.0. The highest BCUT2D eigenvalue weighted by atomic mass is 16.5. The Morgan fingerprint density at radius 3 is 2.67 bits per heavy atom.